The first kappa shape index (κ1) is 19.9. The van der Waals surface area contributed by atoms with Crippen molar-refractivity contribution in [2.45, 2.75) is 52.2 Å². The number of carbonyl (C=O) groups excluding carboxylic acids is 1. The van der Waals surface area contributed by atoms with E-state index in [-0.39, 0.29) is 12.1 Å². The molecule has 0 N–H and O–H groups in total. The average molecular weight is 396 g/mol. The van der Waals surface area contributed by atoms with Crippen LogP contribution in [0.15, 0.2) is 42.7 Å². The van der Waals surface area contributed by atoms with Crippen LogP contribution in [-0.4, -0.2) is 46.1 Å². The largest absolute Gasteiger partial charge is 0.444 e. The van der Waals surface area contributed by atoms with Gasteiger partial charge in [0, 0.05) is 38.6 Å². The zero-order valence-electron chi connectivity index (χ0n) is 17.4. The quantitative estimate of drug-likeness (QED) is 0.789. The van der Waals surface area contributed by atoms with Gasteiger partial charge in [-0.1, -0.05) is 18.2 Å². The smallest absolute Gasteiger partial charge is 0.410 e. The normalized spacial score (nSPS) is 19.8. The number of fused-ring (bicyclic) bond motifs is 1. The highest BCUT2D eigenvalue weighted by Crippen LogP contribution is 2.29. The number of nitrogens with zero attached hydrogens (tertiary/aromatic N) is 3. The van der Waals surface area contributed by atoms with Crippen molar-refractivity contribution in [3.05, 3.63) is 65.0 Å². The molecule has 0 saturated carbocycles. The molecule has 4 rings (SSSR count). The summed E-state index contributed by atoms with van der Waals surface area (Å²) in [6, 6.07) is 10.8. The summed E-state index contributed by atoms with van der Waals surface area (Å²) in [5.74, 6) is 0. The molecular formula is C23H29N3O3. The van der Waals surface area contributed by atoms with E-state index >= 15 is 0 Å². The van der Waals surface area contributed by atoms with Crippen molar-refractivity contribution in [1.29, 1.82) is 0 Å². The number of ether oxygens (including phenoxy) is 2. The molecule has 6 nitrogen and oxygen atoms in total. The van der Waals surface area contributed by atoms with Gasteiger partial charge >= 0.3 is 6.09 Å². The van der Waals surface area contributed by atoms with Crippen LogP contribution in [0.25, 0.3) is 0 Å². The summed E-state index contributed by atoms with van der Waals surface area (Å²) < 4.78 is 11.2. The number of piperazine rings is 1. The fourth-order valence-electron chi connectivity index (χ4n) is 3.96. The molecule has 29 heavy (non-hydrogen) atoms. The topological polar surface area (TPSA) is 54.9 Å². The number of benzene rings is 1. The van der Waals surface area contributed by atoms with Gasteiger partial charge in [-0.25, -0.2) is 4.79 Å². The highest BCUT2D eigenvalue weighted by Gasteiger charge is 2.33. The molecule has 1 saturated heterocycles. The summed E-state index contributed by atoms with van der Waals surface area (Å²) in [5, 5.41) is 0. The minimum atomic E-state index is -0.493. The highest BCUT2D eigenvalue weighted by molar-refractivity contribution is 5.68. The van der Waals surface area contributed by atoms with E-state index in [4.69, 9.17) is 9.47 Å². The van der Waals surface area contributed by atoms with Gasteiger partial charge in [0.05, 0.1) is 19.3 Å². The van der Waals surface area contributed by atoms with Gasteiger partial charge in [-0.2, -0.15) is 0 Å². The molecule has 1 aromatic carbocycles. The molecule has 0 spiro atoms. The average Bonchev–Trinajstić information content (AvgIpc) is 3.15. The number of amides is 1. The number of pyridine rings is 1. The van der Waals surface area contributed by atoms with E-state index in [9.17, 15) is 4.79 Å². The van der Waals surface area contributed by atoms with Gasteiger partial charge in [0.25, 0.3) is 0 Å². The number of hydrogen-bond donors (Lipinski definition) is 0. The highest BCUT2D eigenvalue weighted by atomic mass is 16.6. The van der Waals surface area contributed by atoms with Gasteiger partial charge in [0.2, 0.25) is 0 Å². The van der Waals surface area contributed by atoms with Crippen molar-refractivity contribution in [3.63, 3.8) is 0 Å². The van der Waals surface area contributed by atoms with Crippen LogP contribution in [0.4, 0.5) is 4.79 Å². The summed E-state index contributed by atoms with van der Waals surface area (Å²) in [5.41, 5.74) is 4.52. The Balaban J connectivity index is 1.53. The maximum atomic E-state index is 12.6. The summed E-state index contributed by atoms with van der Waals surface area (Å²) in [4.78, 5) is 21.1. The predicted molar refractivity (Wildman–Crippen MR) is 110 cm³/mol. The van der Waals surface area contributed by atoms with Crippen molar-refractivity contribution in [3.8, 4) is 0 Å². The van der Waals surface area contributed by atoms with Gasteiger partial charge in [-0.3, -0.25) is 9.88 Å². The molecule has 154 valence electrons. The molecule has 1 aromatic heterocycles. The summed E-state index contributed by atoms with van der Waals surface area (Å²) >= 11 is 0. The Bertz CT molecular complexity index is 863. The zero-order chi connectivity index (χ0) is 20.4. The van der Waals surface area contributed by atoms with Crippen molar-refractivity contribution in [2.24, 2.45) is 0 Å². The second kappa shape index (κ2) is 8.13. The van der Waals surface area contributed by atoms with Crippen molar-refractivity contribution in [1.82, 2.24) is 14.8 Å². The SMILES string of the molecule is CC(C)(C)OC(=O)N1CCN(Cc2ccc3c(c2)COC3)C(c2ccncc2)C1. The first-order valence-corrected chi connectivity index (χ1v) is 10.2. The Morgan fingerprint density at radius 3 is 2.66 bits per heavy atom. The first-order chi connectivity index (χ1) is 13.9. The van der Waals surface area contributed by atoms with Gasteiger partial charge in [-0.15, -0.1) is 0 Å². The number of carbonyl (C=O) groups is 1. The van der Waals surface area contributed by atoms with Crippen molar-refractivity contribution < 1.29 is 14.3 Å². The lowest BCUT2D eigenvalue weighted by atomic mass is 10.0. The van der Waals surface area contributed by atoms with Gasteiger partial charge in [0.1, 0.15) is 5.60 Å². The minimum Gasteiger partial charge on any atom is -0.444 e. The molecule has 2 aliphatic heterocycles. The van der Waals surface area contributed by atoms with Crippen molar-refractivity contribution >= 4 is 6.09 Å². The Hall–Kier alpha value is -2.44. The van der Waals surface area contributed by atoms with Crippen LogP contribution in [-0.2, 0) is 29.2 Å². The predicted octanol–water partition coefficient (Wildman–Crippen LogP) is 3.91. The molecule has 1 atom stereocenters. The van der Waals surface area contributed by atoms with Crippen LogP contribution in [0.2, 0.25) is 0 Å². The second-order valence-corrected chi connectivity index (χ2v) is 8.79. The lowest BCUT2D eigenvalue weighted by Gasteiger charge is -2.42. The Morgan fingerprint density at radius 2 is 1.90 bits per heavy atom. The van der Waals surface area contributed by atoms with E-state index in [1.54, 1.807) is 0 Å². The number of rotatable bonds is 3. The maximum absolute atomic E-state index is 12.6. The maximum Gasteiger partial charge on any atom is 0.410 e. The van der Waals surface area contributed by atoms with E-state index < -0.39 is 5.60 Å². The third-order valence-electron chi connectivity index (χ3n) is 5.41. The molecule has 0 bridgehead atoms. The lowest BCUT2D eigenvalue weighted by Crippen LogP contribution is -2.51. The molecule has 0 aliphatic carbocycles. The van der Waals surface area contributed by atoms with Crippen LogP contribution >= 0.6 is 0 Å². The summed E-state index contributed by atoms with van der Waals surface area (Å²) in [6.45, 7) is 10.0. The molecular weight excluding hydrogens is 366 g/mol. The molecule has 1 amide bonds. The Kier molecular flexibility index (Phi) is 5.56. The molecule has 2 aliphatic rings. The van der Waals surface area contributed by atoms with Gasteiger partial charge in [-0.05, 0) is 55.2 Å². The number of aromatic nitrogens is 1. The molecule has 0 radical (unpaired) electrons. The van der Waals surface area contributed by atoms with E-state index in [1.807, 2.05) is 50.2 Å². The van der Waals surface area contributed by atoms with E-state index in [1.165, 1.54) is 16.7 Å². The van der Waals surface area contributed by atoms with Gasteiger partial charge in [0.15, 0.2) is 0 Å². The third kappa shape index (κ3) is 4.77. The first-order valence-electron chi connectivity index (χ1n) is 10.2. The molecule has 2 aromatic rings. The standard InChI is InChI=1S/C23H29N3O3/c1-23(2,3)29-22(27)26-11-10-25(21(14-26)18-6-8-24-9-7-18)13-17-4-5-19-15-28-16-20(19)12-17/h4-9,12,21H,10-11,13-16H2,1-3H3. The fourth-order valence-corrected chi connectivity index (χ4v) is 3.96. The van der Waals surface area contributed by atoms with E-state index in [2.05, 4.69) is 28.1 Å². The second-order valence-electron chi connectivity index (χ2n) is 8.79. The zero-order valence-corrected chi connectivity index (χ0v) is 17.4. The molecule has 6 heteroatoms. The Labute approximate surface area is 172 Å². The Morgan fingerprint density at radius 1 is 1.14 bits per heavy atom. The fraction of sp³-hybridized carbons (Fsp3) is 0.478. The summed E-state index contributed by atoms with van der Waals surface area (Å²) in [7, 11) is 0. The van der Waals surface area contributed by atoms with E-state index in [0.29, 0.717) is 26.3 Å². The molecule has 3 heterocycles. The van der Waals surface area contributed by atoms with Crippen LogP contribution in [0, 0.1) is 0 Å². The third-order valence-corrected chi connectivity index (χ3v) is 5.41. The van der Waals surface area contributed by atoms with E-state index in [0.717, 1.165) is 18.7 Å². The van der Waals surface area contributed by atoms with Crippen LogP contribution in [0.5, 0.6) is 0 Å². The van der Waals surface area contributed by atoms with Crippen LogP contribution < -0.4 is 0 Å². The molecule has 1 fully saturated rings. The lowest BCUT2D eigenvalue weighted by molar-refractivity contribution is 0.00203. The van der Waals surface area contributed by atoms with Crippen LogP contribution in [0.1, 0.15) is 49.1 Å². The van der Waals surface area contributed by atoms with Crippen molar-refractivity contribution in [2.75, 3.05) is 19.6 Å². The monoisotopic (exact) mass is 395 g/mol. The van der Waals surface area contributed by atoms with Crippen LogP contribution in [0.3, 0.4) is 0 Å². The minimum absolute atomic E-state index is 0.101. The summed E-state index contributed by atoms with van der Waals surface area (Å²) in [6.07, 6.45) is 3.38. The van der Waals surface area contributed by atoms with Gasteiger partial charge < -0.3 is 14.4 Å². The number of hydrogen-bond acceptors (Lipinski definition) is 5. The molecule has 1 unspecified atom stereocenters.